The van der Waals surface area contributed by atoms with Gasteiger partial charge in [-0.05, 0) is 30.2 Å². The van der Waals surface area contributed by atoms with E-state index in [-0.39, 0.29) is 6.10 Å². The molecule has 0 aliphatic carbocycles. The smallest absolute Gasteiger partial charge is 0.156 e. The van der Waals surface area contributed by atoms with Gasteiger partial charge in [-0.1, -0.05) is 6.07 Å². The monoisotopic (exact) mass is 241 g/mol. The molecule has 1 aliphatic rings. The van der Waals surface area contributed by atoms with E-state index in [0.717, 1.165) is 18.7 Å². The van der Waals surface area contributed by atoms with Crippen molar-refractivity contribution < 1.29 is 4.74 Å². The molecule has 4 nitrogen and oxygen atoms in total. The lowest BCUT2D eigenvalue weighted by molar-refractivity contribution is -0.00275. The molecule has 1 aromatic carbocycles. The van der Waals surface area contributed by atoms with Crippen LogP contribution < -0.4 is 0 Å². The minimum atomic E-state index is -0.322. The van der Waals surface area contributed by atoms with Crippen LogP contribution in [0.5, 0.6) is 0 Å². The van der Waals surface area contributed by atoms with Gasteiger partial charge in [0, 0.05) is 19.6 Å². The zero-order valence-corrected chi connectivity index (χ0v) is 10.4. The van der Waals surface area contributed by atoms with Crippen molar-refractivity contribution in [1.82, 2.24) is 4.90 Å². The van der Waals surface area contributed by atoms with Crippen LogP contribution in [-0.2, 0) is 11.3 Å². The Morgan fingerprint density at radius 1 is 1.44 bits per heavy atom. The van der Waals surface area contributed by atoms with Crippen molar-refractivity contribution in [1.29, 1.82) is 10.5 Å². The predicted molar refractivity (Wildman–Crippen MR) is 66.5 cm³/mol. The van der Waals surface area contributed by atoms with Crippen LogP contribution in [0.15, 0.2) is 18.2 Å². The number of hydrogen-bond acceptors (Lipinski definition) is 4. The van der Waals surface area contributed by atoms with Gasteiger partial charge in [-0.25, -0.2) is 0 Å². The predicted octanol–water partition coefficient (Wildman–Crippen LogP) is 1.59. The average molecular weight is 241 g/mol. The lowest BCUT2D eigenvalue weighted by Gasteiger charge is -2.30. The van der Waals surface area contributed by atoms with E-state index >= 15 is 0 Å². The zero-order valence-electron chi connectivity index (χ0n) is 10.4. The Morgan fingerprint density at radius 2 is 2.28 bits per heavy atom. The molecular weight excluding hydrogens is 226 g/mol. The zero-order chi connectivity index (χ0) is 13.0. The summed E-state index contributed by atoms with van der Waals surface area (Å²) in [6, 6.07) is 10.0. The molecule has 1 heterocycles. The number of hydrogen-bond donors (Lipinski definition) is 0. The van der Waals surface area contributed by atoms with Crippen LogP contribution >= 0.6 is 0 Å². The van der Waals surface area contributed by atoms with E-state index in [2.05, 4.69) is 17.0 Å². The maximum atomic E-state index is 8.86. The van der Waals surface area contributed by atoms with Crippen LogP contribution in [0.1, 0.15) is 16.7 Å². The Morgan fingerprint density at radius 3 is 2.94 bits per heavy atom. The molecule has 1 unspecified atom stereocenters. The molecule has 1 fully saturated rings. The van der Waals surface area contributed by atoms with E-state index in [4.69, 9.17) is 15.3 Å². The van der Waals surface area contributed by atoms with Crippen molar-refractivity contribution in [2.75, 3.05) is 19.7 Å². The minimum absolute atomic E-state index is 0.322. The summed E-state index contributed by atoms with van der Waals surface area (Å²) in [5, 5.41) is 17.7. The van der Waals surface area contributed by atoms with Crippen molar-refractivity contribution in [2.24, 2.45) is 0 Å². The summed E-state index contributed by atoms with van der Waals surface area (Å²) in [6.07, 6.45) is -0.322. The Kier molecular flexibility index (Phi) is 3.94. The first-order chi connectivity index (χ1) is 8.72. The topological polar surface area (TPSA) is 60.1 Å². The first kappa shape index (κ1) is 12.6. The number of morpholine rings is 1. The van der Waals surface area contributed by atoms with Crippen molar-refractivity contribution in [3.63, 3.8) is 0 Å². The Bertz CT molecular complexity index is 513. The maximum Gasteiger partial charge on any atom is 0.156 e. The fourth-order valence-electron chi connectivity index (χ4n) is 2.11. The summed E-state index contributed by atoms with van der Waals surface area (Å²) < 4.78 is 5.32. The number of nitrogens with zero attached hydrogens (tertiary/aromatic N) is 3. The maximum absolute atomic E-state index is 8.86. The largest absolute Gasteiger partial charge is 0.361 e. The average Bonchev–Trinajstić information content (AvgIpc) is 2.41. The molecule has 4 heteroatoms. The number of aryl methyl sites for hydroxylation is 1. The molecule has 1 aromatic rings. The van der Waals surface area contributed by atoms with Gasteiger partial charge in [-0.15, -0.1) is 0 Å². The summed E-state index contributed by atoms with van der Waals surface area (Å²) in [5.74, 6) is 0. The second-order valence-electron chi connectivity index (χ2n) is 4.48. The lowest BCUT2D eigenvalue weighted by Crippen LogP contribution is -2.41. The molecule has 1 atom stereocenters. The minimum Gasteiger partial charge on any atom is -0.361 e. The van der Waals surface area contributed by atoms with E-state index in [1.54, 1.807) is 0 Å². The third kappa shape index (κ3) is 2.87. The molecule has 1 saturated heterocycles. The normalized spacial score (nSPS) is 20.1. The molecule has 0 N–H and O–H groups in total. The van der Waals surface area contributed by atoms with Gasteiger partial charge >= 0.3 is 0 Å². The van der Waals surface area contributed by atoms with Crippen LogP contribution in [-0.4, -0.2) is 30.7 Å². The summed E-state index contributed by atoms with van der Waals surface area (Å²) in [4.78, 5) is 2.21. The van der Waals surface area contributed by atoms with Crippen LogP contribution in [0.3, 0.4) is 0 Å². The first-order valence-electron chi connectivity index (χ1n) is 5.96. The highest BCUT2D eigenvalue weighted by atomic mass is 16.5. The second-order valence-corrected chi connectivity index (χ2v) is 4.48. The molecule has 0 amide bonds. The number of nitriles is 2. The van der Waals surface area contributed by atoms with Gasteiger partial charge in [-0.2, -0.15) is 10.5 Å². The van der Waals surface area contributed by atoms with Gasteiger partial charge in [0.05, 0.1) is 24.3 Å². The molecule has 18 heavy (non-hydrogen) atoms. The third-order valence-corrected chi connectivity index (χ3v) is 3.16. The Labute approximate surface area is 107 Å². The van der Waals surface area contributed by atoms with Gasteiger partial charge in [0.1, 0.15) is 0 Å². The van der Waals surface area contributed by atoms with Gasteiger partial charge in [0.25, 0.3) is 0 Å². The van der Waals surface area contributed by atoms with Crippen molar-refractivity contribution >= 4 is 0 Å². The standard InChI is InChI=1S/C14H15N3O/c1-11-6-12(7-15)2-3-13(11)9-17-4-5-18-14(8-16)10-17/h2-3,6,14H,4-5,9-10H2,1H3. The van der Waals surface area contributed by atoms with Gasteiger partial charge in [-0.3, -0.25) is 4.90 Å². The van der Waals surface area contributed by atoms with E-state index in [0.29, 0.717) is 18.7 Å². The van der Waals surface area contributed by atoms with Crippen LogP contribution in [0.25, 0.3) is 0 Å². The summed E-state index contributed by atoms with van der Waals surface area (Å²) >= 11 is 0. The number of benzene rings is 1. The molecule has 0 spiro atoms. The molecule has 92 valence electrons. The highest BCUT2D eigenvalue weighted by Gasteiger charge is 2.20. The second kappa shape index (κ2) is 5.64. The molecule has 0 aromatic heterocycles. The third-order valence-electron chi connectivity index (χ3n) is 3.16. The molecular formula is C14H15N3O. The summed E-state index contributed by atoms with van der Waals surface area (Å²) in [6.45, 7) is 4.92. The molecule has 0 bridgehead atoms. The molecule has 0 radical (unpaired) electrons. The van der Waals surface area contributed by atoms with Gasteiger partial charge in [0.15, 0.2) is 6.10 Å². The fourth-order valence-corrected chi connectivity index (χ4v) is 2.11. The lowest BCUT2D eigenvalue weighted by atomic mass is 10.0. The Hall–Kier alpha value is -1.88. The van der Waals surface area contributed by atoms with Crippen LogP contribution in [0.4, 0.5) is 0 Å². The highest BCUT2D eigenvalue weighted by Crippen LogP contribution is 2.15. The quantitative estimate of drug-likeness (QED) is 0.789. The Balaban J connectivity index is 2.06. The van der Waals surface area contributed by atoms with E-state index in [9.17, 15) is 0 Å². The van der Waals surface area contributed by atoms with Gasteiger partial charge in [0.2, 0.25) is 0 Å². The number of rotatable bonds is 2. The van der Waals surface area contributed by atoms with Crippen molar-refractivity contribution in [3.05, 3.63) is 34.9 Å². The van der Waals surface area contributed by atoms with E-state index in [1.165, 1.54) is 5.56 Å². The van der Waals surface area contributed by atoms with Crippen molar-refractivity contribution in [2.45, 2.75) is 19.6 Å². The van der Waals surface area contributed by atoms with Gasteiger partial charge < -0.3 is 4.74 Å². The van der Waals surface area contributed by atoms with E-state index < -0.39 is 0 Å². The van der Waals surface area contributed by atoms with Crippen LogP contribution in [0, 0.1) is 29.6 Å². The first-order valence-corrected chi connectivity index (χ1v) is 5.96. The summed E-state index contributed by atoms with van der Waals surface area (Å²) in [7, 11) is 0. The van der Waals surface area contributed by atoms with Crippen molar-refractivity contribution in [3.8, 4) is 12.1 Å². The summed E-state index contributed by atoms with van der Waals surface area (Å²) in [5.41, 5.74) is 3.01. The molecule has 1 aliphatic heterocycles. The number of ether oxygens (including phenoxy) is 1. The molecule has 0 saturated carbocycles. The fraction of sp³-hybridized carbons (Fsp3) is 0.429. The van der Waals surface area contributed by atoms with E-state index in [1.807, 2.05) is 25.1 Å². The van der Waals surface area contributed by atoms with Crippen LogP contribution in [0.2, 0.25) is 0 Å². The SMILES string of the molecule is Cc1cc(C#N)ccc1CN1CCOC(C#N)C1. The molecule has 2 rings (SSSR count). The highest BCUT2D eigenvalue weighted by molar-refractivity contribution is 5.37.